The van der Waals surface area contributed by atoms with E-state index in [9.17, 15) is 36.6 Å². The smallest absolute Gasteiger partial charge is 0.337 e. The molecule has 2 heterocycles. The summed E-state index contributed by atoms with van der Waals surface area (Å²) in [6.07, 6.45) is -1.30. The summed E-state index contributed by atoms with van der Waals surface area (Å²) in [4.78, 5) is 26.3. The quantitative estimate of drug-likeness (QED) is 0.226. The Balaban J connectivity index is 0.000000202. The molecule has 36 heavy (non-hydrogen) atoms. The first-order valence-corrected chi connectivity index (χ1v) is 13.9. The third-order valence-corrected chi connectivity index (χ3v) is 9.23. The molecule has 6 N–H and O–H groups in total. The second-order valence-electron chi connectivity index (χ2n) is 8.09. The van der Waals surface area contributed by atoms with Crippen LogP contribution in [0.5, 0.6) is 0 Å². The van der Waals surface area contributed by atoms with Crippen LogP contribution in [-0.4, -0.2) is 63.5 Å². The zero-order valence-electron chi connectivity index (χ0n) is 19.1. The number of sulfone groups is 2. The molecule has 0 saturated carbocycles. The molecule has 2 atom stereocenters. The number of fused-ring (bicyclic) bond motifs is 2. The summed E-state index contributed by atoms with van der Waals surface area (Å²) in [7, 11) is -5.66. The van der Waals surface area contributed by atoms with Gasteiger partial charge in [0.25, 0.3) is 5.91 Å². The van der Waals surface area contributed by atoms with Crippen LogP contribution in [0.25, 0.3) is 0 Å². The van der Waals surface area contributed by atoms with Crippen molar-refractivity contribution in [2.75, 3.05) is 18.6 Å². The third kappa shape index (κ3) is 5.73. The monoisotopic (exact) mass is 539 g/mol. The van der Waals surface area contributed by atoms with E-state index in [2.05, 4.69) is 9.73 Å². The van der Waals surface area contributed by atoms with Crippen LogP contribution >= 0.6 is 0 Å². The Morgan fingerprint density at radius 3 is 1.75 bits per heavy atom. The van der Waals surface area contributed by atoms with Crippen LogP contribution in [0.1, 0.15) is 56.9 Å². The number of hydrogen-bond acceptors (Lipinski definition) is 9. The summed E-state index contributed by atoms with van der Waals surface area (Å²) in [6, 6.07) is 8.17. The van der Waals surface area contributed by atoms with Gasteiger partial charge in [0.15, 0.2) is 25.6 Å². The van der Waals surface area contributed by atoms with Crippen LogP contribution in [0.15, 0.2) is 51.2 Å². The Kier molecular flexibility index (Phi) is 7.83. The molecule has 2 unspecified atom stereocenters. The predicted molar refractivity (Wildman–Crippen MR) is 128 cm³/mol. The first kappa shape index (κ1) is 27.3. The highest BCUT2D eigenvalue weighted by Crippen LogP contribution is 2.33. The number of carbonyl (C=O) groups excluding carboxylic acids is 2. The van der Waals surface area contributed by atoms with E-state index in [0.29, 0.717) is 11.1 Å². The van der Waals surface area contributed by atoms with E-state index in [0.717, 1.165) is 0 Å². The molecule has 2 aliphatic rings. The molecular weight excluding hydrogens is 514 g/mol. The summed E-state index contributed by atoms with van der Waals surface area (Å²) < 4.78 is 52.0. The molecule has 0 fully saturated rings. The zero-order valence-corrected chi connectivity index (χ0v) is 20.8. The number of methoxy groups -OCH3 is 1. The van der Waals surface area contributed by atoms with Gasteiger partial charge in [-0.25, -0.2) is 21.6 Å². The van der Waals surface area contributed by atoms with E-state index in [-0.39, 0.29) is 45.3 Å². The molecule has 0 spiro atoms. The van der Waals surface area contributed by atoms with Gasteiger partial charge < -0.3 is 26.4 Å². The number of hydrogen-bond donors (Lipinski definition) is 4. The first-order valence-electron chi connectivity index (χ1n) is 10.6. The molecule has 2 aromatic carbocycles. The lowest BCUT2D eigenvalue weighted by Gasteiger charge is -2.21. The minimum Gasteiger partial charge on any atom is -0.465 e. The zero-order chi connectivity index (χ0) is 26.8. The molecular formula is C22H25N3O9S2. The highest BCUT2D eigenvalue weighted by atomic mass is 32.2. The molecule has 4 rings (SSSR count). The van der Waals surface area contributed by atoms with Crippen LogP contribution in [0.3, 0.4) is 0 Å². The maximum atomic E-state index is 11.9. The second kappa shape index (κ2) is 10.3. The van der Waals surface area contributed by atoms with Crippen LogP contribution in [0.4, 0.5) is 0 Å². The standard InChI is InChI=1S/C11H13N3O4S.C11H12O5S/c12-11(13)14-10(16)6-1-2-7-8(15)3-4-19(17,18)9(7)5-6;1-16-11(13)7-2-3-8-9(12)4-5-17(14,15)10(8)6-7/h1-2,5,8,15H,3-4H2,(H4,12,13,14,16);2-3,6,9,12H,4-5H2,1H3. The van der Waals surface area contributed by atoms with Crippen molar-refractivity contribution < 1.29 is 41.4 Å². The number of aliphatic hydroxyl groups is 2. The molecule has 14 heteroatoms. The fourth-order valence-corrected chi connectivity index (χ4v) is 7.03. The fraction of sp³-hybridized carbons (Fsp3) is 0.318. The van der Waals surface area contributed by atoms with Crippen molar-refractivity contribution in [2.24, 2.45) is 16.5 Å². The van der Waals surface area contributed by atoms with Crippen molar-refractivity contribution in [3.05, 3.63) is 58.7 Å². The number of ether oxygens (including phenoxy) is 1. The van der Waals surface area contributed by atoms with Crippen molar-refractivity contribution in [3.8, 4) is 0 Å². The summed E-state index contributed by atoms with van der Waals surface area (Å²) in [5.41, 5.74) is 11.1. The summed E-state index contributed by atoms with van der Waals surface area (Å²) in [6.45, 7) is 0. The maximum Gasteiger partial charge on any atom is 0.337 e. The van der Waals surface area contributed by atoms with Crippen molar-refractivity contribution in [2.45, 2.75) is 34.8 Å². The number of benzene rings is 2. The molecule has 12 nitrogen and oxygen atoms in total. The number of rotatable bonds is 2. The Hall–Kier alpha value is -3.33. The molecule has 0 bridgehead atoms. The van der Waals surface area contributed by atoms with Crippen LogP contribution in [0, 0.1) is 0 Å². The average molecular weight is 540 g/mol. The SMILES string of the molecule is COC(=O)c1ccc2c(c1)S(=O)(=O)CCC2O.NC(N)=NC(=O)c1ccc2c(c1)S(=O)(=O)CCC2O. The fourth-order valence-electron chi connectivity index (χ4n) is 3.78. The molecule has 1 amide bonds. The lowest BCUT2D eigenvalue weighted by molar-refractivity contribution is 0.0600. The third-order valence-electron chi connectivity index (χ3n) is 5.63. The van der Waals surface area contributed by atoms with Gasteiger partial charge in [-0.05, 0) is 48.2 Å². The van der Waals surface area contributed by atoms with Crippen molar-refractivity contribution >= 4 is 37.5 Å². The van der Waals surface area contributed by atoms with Crippen molar-refractivity contribution in [1.29, 1.82) is 0 Å². The van der Waals surface area contributed by atoms with Gasteiger partial charge in [0.05, 0.1) is 46.2 Å². The van der Waals surface area contributed by atoms with Crippen LogP contribution < -0.4 is 11.5 Å². The highest BCUT2D eigenvalue weighted by Gasteiger charge is 2.31. The predicted octanol–water partition coefficient (Wildman–Crippen LogP) is -0.00500. The van der Waals surface area contributed by atoms with Crippen LogP contribution in [-0.2, 0) is 24.4 Å². The van der Waals surface area contributed by atoms with Crippen molar-refractivity contribution in [1.82, 2.24) is 0 Å². The van der Waals surface area contributed by atoms with Crippen LogP contribution in [0.2, 0.25) is 0 Å². The number of carbonyl (C=O) groups is 2. The summed E-state index contributed by atoms with van der Waals surface area (Å²) in [5, 5.41) is 19.5. The number of nitrogens with two attached hydrogens (primary N) is 2. The molecule has 194 valence electrons. The first-order chi connectivity index (χ1) is 16.8. The summed E-state index contributed by atoms with van der Waals surface area (Å²) in [5.74, 6) is -1.97. The normalized spacial score (nSPS) is 21.0. The highest BCUT2D eigenvalue weighted by molar-refractivity contribution is 7.91. The molecule has 0 saturated heterocycles. The van der Waals surface area contributed by atoms with Gasteiger partial charge in [0.1, 0.15) is 0 Å². The van der Waals surface area contributed by atoms with Gasteiger partial charge >= 0.3 is 5.97 Å². The van der Waals surface area contributed by atoms with Gasteiger partial charge in [-0.3, -0.25) is 4.79 Å². The van der Waals surface area contributed by atoms with Crippen molar-refractivity contribution in [3.63, 3.8) is 0 Å². The average Bonchev–Trinajstić information content (AvgIpc) is 2.83. The van der Waals surface area contributed by atoms with Gasteiger partial charge in [0.2, 0.25) is 0 Å². The number of aliphatic imine (C=N–C) groups is 1. The van der Waals surface area contributed by atoms with E-state index >= 15 is 0 Å². The van der Waals surface area contributed by atoms with E-state index in [4.69, 9.17) is 11.5 Å². The molecule has 0 radical (unpaired) electrons. The van der Waals surface area contributed by atoms with Gasteiger partial charge in [-0.2, -0.15) is 4.99 Å². The molecule has 2 aliphatic heterocycles. The lowest BCUT2D eigenvalue weighted by Crippen LogP contribution is -2.24. The minimum atomic E-state index is -3.48. The summed E-state index contributed by atoms with van der Waals surface area (Å²) >= 11 is 0. The molecule has 0 aliphatic carbocycles. The maximum absolute atomic E-state index is 11.9. The van der Waals surface area contributed by atoms with E-state index in [1.54, 1.807) is 0 Å². The van der Waals surface area contributed by atoms with E-state index < -0.39 is 49.7 Å². The minimum absolute atomic E-state index is 0.0270. The Labute approximate surface area is 207 Å². The van der Waals surface area contributed by atoms with E-state index in [1.807, 2.05) is 0 Å². The number of amides is 1. The van der Waals surface area contributed by atoms with Gasteiger partial charge in [0, 0.05) is 5.56 Å². The molecule has 2 aromatic rings. The second-order valence-corrected chi connectivity index (χ2v) is 12.2. The Bertz CT molecular complexity index is 1450. The molecule has 0 aromatic heterocycles. The Morgan fingerprint density at radius 2 is 1.31 bits per heavy atom. The topological polar surface area (TPSA) is 217 Å². The van der Waals surface area contributed by atoms with Gasteiger partial charge in [-0.15, -0.1) is 0 Å². The van der Waals surface area contributed by atoms with E-state index in [1.165, 1.54) is 43.5 Å². The number of guanidine groups is 1. The Morgan fingerprint density at radius 1 is 0.861 bits per heavy atom. The number of aliphatic hydroxyl groups excluding tert-OH is 2. The number of esters is 1. The number of nitrogens with zero attached hydrogens (tertiary/aromatic N) is 1. The van der Waals surface area contributed by atoms with Gasteiger partial charge in [-0.1, -0.05) is 12.1 Å². The largest absolute Gasteiger partial charge is 0.465 e. The lowest BCUT2D eigenvalue weighted by atomic mass is 10.0.